The molecule has 106 valence electrons. The van der Waals surface area contributed by atoms with Crippen LogP contribution in [-0.2, 0) is 0 Å². The van der Waals surface area contributed by atoms with Crippen molar-refractivity contribution in [3.8, 4) is 11.8 Å². The molecule has 2 rings (SSSR count). The Morgan fingerprint density at radius 3 is 2.90 bits per heavy atom. The molecular formula is C14H17N3O3. The molecule has 0 bridgehead atoms. The molecule has 20 heavy (non-hydrogen) atoms. The Morgan fingerprint density at radius 2 is 2.35 bits per heavy atom. The number of hydrogen-bond donors (Lipinski definition) is 1. The monoisotopic (exact) mass is 275 g/mol. The second-order valence-corrected chi connectivity index (χ2v) is 5.11. The van der Waals surface area contributed by atoms with Crippen LogP contribution in [0.4, 0.5) is 5.69 Å². The Kier molecular flexibility index (Phi) is 3.91. The van der Waals surface area contributed by atoms with Crippen LogP contribution in [0.2, 0.25) is 0 Å². The minimum atomic E-state index is -0.580. The number of benzene rings is 1. The van der Waals surface area contributed by atoms with Crippen molar-refractivity contribution in [1.82, 2.24) is 5.32 Å². The fraction of sp³-hybridized carbons (Fsp3) is 0.500. The number of nitrogens with one attached hydrogen (secondary N) is 1. The van der Waals surface area contributed by atoms with Crippen LogP contribution in [-0.4, -0.2) is 23.6 Å². The van der Waals surface area contributed by atoms with E-state index >= 15 is 0 Å². The number of nitriles is 1. The molecule has 1 aromatic carbocycles. The van der Waals surface area contributed by atoms with E-state index in [1.165, 1.54) is 0 Å². The first-order chi connectivity index (χ1) is 9.51. The van der Waals surface area contributed by atoms with Crippen LogP contribution in [0.25, 0.3) is 0 Å². The van der Waals surface area contributed by atoms with Crippen molar-refractivity contribution in [2.24, 2.45) is 0 Å². The van der Waals surface area contributed by atoms with Crippen molar-refractivity contribution >= 4 is 5.69 Å². The summed E-state index contributed by atoms with van der Waals surface area (Å²) in [5, 5.41) is 23.3. The quantitative estimate of drug-likeness (QED) is 0.673. The summed E-state index contributed by atoms with van der Waals surface area (Å²) in [4.78, 5) is 10.7. The van der Waals surface area contributed by atoms with Crippen molar-refractivity contribution < 1.29 is 9.66 Å². The highest BCUT2D eigenvalue weighted by Gasteiger charge is 2.40. The highest BCUT2D eigenvalue weighted by molar-refractivity contribution is 5.52. The number of hydrogen-bond acceptors (Lipinski definition) is 5. The summed E-state index contributed by atoms with van der Waals surface area (Å²) in [7, 11) is 1.75. The number of nitro benzene ring substituents is 1. The van der Waals surface area contributed by atoms with Crippen molar-refractivity contribution in [2.75, 3.05) is 7.05 Å². The van der Waals surface area contributed by atoms with Gasteiger partial charge in [0.15, 0.2) is 5.75 Å². The Labute approximate surface area is 117 Å². The molecule has 2 unspecified atom stereocenters. The van der Waals surface area contributed by atoms with Gasteiger partial charge in [-0.05, 0) is 32.9 Å². The molecule has 0 saturated heterocycles. The molecule has 0 aliphatic heterocycles. The number of para-hydroxylation sites is 1. The molecule has 1 aliphatic rings. The lowest BCUT2D eigenvalue weighted by Gasteiger charge is -2.20. The third kappa shape index (κ3) is 2.58. The zero-order valence-electron chi connectivity index (χ0n) is 11.5. The first kappa shape index (κ1) is 14.3. The molecule has 2 atom stereocenters. The Morgan fingerprint density at radius 1 is 1.60 bits per heavy atom. The van der Waals surface area contributed by atoms with Gasteiger partial charge in [0, 0.05) is 12.0 Å². The first-order valence-electron chi connectivity index (χ1n) is 6.52. The lowest BCUT2D eigenvalue weighted by atomic mass is 10.0. The maximum Gasteiger partial charge on any atom is 0.313 e. The lowest BCUT2D eigenvalue weighted by Crippen LogP contribution is -2.39. The van der Waals surface area contributed by atoms with Crippen LogP contribution in [0.15, 0.2) is 18.2 Å². The topological polar surface area (TPSA) is 88.2 Å². The van der Waals surface area contributed by atoms with Gasteiger partial charge < -0.3 is 10.1 Å². The summed E-state index contributed by atoms with van der Waals surface area (Å²) < 4.78 is 5.77. The highest BCUT2D eigenvalue weighted by Crippen LogP contribution is 2.36. The molecule has 1 aromatic rings. The first-order valence-corrected chi connectivity index (χ1v) is 6.52. The third-order valence-corrected chi connectivity index (χ3v) is 3.84. The number of rotatable bonds is 4. The van der Waals surface area contributed by atoms with Gasteiger partial charge in [0.2, 0.25) is 0 Å². The van der Waals surface area contributed by atoms with Crippen LogP contribution in [0.5, 0.6) is 5.75 Å². The fourth-order valence-corrected chi connectivity index (χ4v) is 2.63. The molecule has 0 amide bonds. The molecule has 0 heterocycles. The summed E-state index contributed by atoms with van der Waals surface area (Å²) in [5.74, 6) is 0.282. The van der Waals surface area contributed by atoms with Gasteiger partial charge in [-0.1, -0.05) is 12.1 Å². The predicted molar refractivity (Wildman–Crippen MR) is 73.5 cm³/mol. The van der Waals surface area contributed by atoms with E-state index in [0.29, 0.717) is 24.8 Å². The van der Waals surface area contributed by atoms with Gasteiger partial charge in [0.25, 0.3) is 0 Å². The van der Waals surface area contributed by atoms with Gasteiger partial charge in [-0.25, -0.2) is 0 Å². The zero-order chi connectivity index (χ0) is 14.8. The fourth-order valence-electron chi connectivity index (χ4n) is 2.63. The van der Waals surface area contributed by atoms with Gasteiger partial charge in [0.1, 0.15) is 11.6 Å². The van der Waals surface area contributed by atoms with Gasteiger partial charge >= 0.3 is 5.69 Å². The Bertz CT molecular complexity index is 567. The third-order valence-electron chi connectivity index (χ3n) is 3.84. The largest absolute Gasteiger partial charge is 0.483 e. The second-order valence-electron chi connectivity index (χ2n) is 5.11. The van der Waals surface area contributed by atoms with E-state index in [2.05, 4.69) is 11.4 Å². The molecule has 0 aromatic heterocycles. The standard InChI is InChI=1S/C14H17N3O3/c1-10-4-3-5-12(13(10)17(18)19)20-11-6-7-14(8-11,9-15)16-2/h3-5,11,16H,6-8H2,1-2H3. The summed E-state index contributed by atoms with van der Waals surface area (Å²) in [6.45, 7) is 1.69. The van der Waals surface area contributed by atoms with Gasteiger partial charge in [0.05, 0.1) is 11.0 Å². The summed E-state index contributed by atoms with van der Waals surface area (Å²) in [6.07, 6.45) is 1.75. The second kappa shape index (κ2) is 5.47. The maximum absolute atomic E-state index is 11.1. The highest BCUT2D eigenvalue weighted by atomic mass is 16.6. The smallest absolute Gasteiger partial charge is 0.313 e. The van der Waals surface area contributed by atoms with Crippen molar-refractivity contribution in [3.05, 3.63) is 33.9 Å². The van der Waals surface area contributed by atoms with Crippen LogP contribution in [0.3, 0.4) is 0 Å². The molecule has 6 nitrogen and oxygen atoms in total. The van der Waals surface area contributed by atoms with E-state index in [9.17, 15) is 15.4 Å². The van der Waals surface area contributed by atoms with E-state index in [1.807, 2.05) is 0 Å². The van der Waals surface area contributed by atoms with E-state index < -0.39 is 10.5 Å². The molecule has 1 aliphatic carbocycles. The minimum Gasteiger partial charge on any atom is -0.483 e. The average Bonchev–Trinajstić information content (AvgIpc) is 2.82. The Hall–Kier alpha value is -2.13. The molecule has 0 radical (unpaired) electrons. The molecule has 1 fully saturated rings. The van der Waals surface area contributed by atoms with Crippen LogP contribution in [0, 0.1) is 28.4 Å². The zero-order valence-corrected chi connectivity index (χ0v) is 11.5. The van der Waals surface area contributed by atoms with Crippen molar-refractivity contribution in [1.29, 1.82) is 5.26 Å². The predicted octanol–water partition coefficient (Wildman–Crippen LogP) is 2.32. The van der Waals surface area contributed by atoms with E-state index in [4.69, 9.17) is 4.74 Å². The SMILES string of the molecule is CNC1(C#N)CCC(Oc2cccc(C)c2[N+](=O)[O-])C1. The van der Waals surface area contributed by atoms with Gasteiger partial charge in [-0.3, -0.25) is 10.1 Å². The number of nitrogens with zero attached hydrogens (tertiary/aromatic N) is 2. The van der Waals surface area contributed by atoms with Crippen LogP contribution in [0.1, 0.15) is 24.8 Å². The summed E-state index contributed by atoms with van der Waals surface area (Å²) >= 11 is 0. The summed E-state index contributed by atoms with van der Waals surface area (Å²) in [6, 6.07) is 7.30. The van der Waals surface area contributed by atoms with E-state index in [-0.39, 0.29) is 17.5 Å². The number of nitro groups is 1. The minimum absolute atomic E-state index is 0.00594. The Balaban J connectivity index is 2.19. The van der Waals surface area contributed by atoms with Crippen molar-refractivity contribution in [3.63, 3.8) is 0 Å². The molecule has 1 saturated carbocycles. The molecule has 1 N–H and O–H groups in total. The molecule has 6 heteroatoms. The molecular weight excluding hydrogens is 258 g/mol. The molecule has 0 spiro atoms. The summed E-state index contributed by atoms with van der Waals surface area (Å²) in [5.41, 5.74) is 0.000537. The van der Waals surface area contributed by atoms with Crippen LogP contribution >= 0.6 is 0 Å². The van der Waals surface area contributed by atoms with Gasteiger partial charge in [-0.2, -0.15) is 5.26 Å². The normalized spacial score (nSPS) is 25.1. The number of aryl methyl sites for hydroxylation is 1. The van der Waals surface area contributed by atoms with E-state index in [1.54, 1.807) is 32.2 Å². The average molecular weight is 275 g/mol. The lowest BCUT2D eigenvalue weighted by molar-refractivity contribution is -0.386. The number of ether oxygens (including phenoxy) is 1. The van der Waals surface area contributed by atoms with E-state index in [0.717, 1.165) is 0 Å². The maximum atomic E-state index is 11.1. The van der Waals surface area contributed by atoms with Crippen molar-refractivity contribution in [2.45, 2.75) is 37.8 Å². The van der Waals surface area contributed by atoms with Crippen LogP contribution < -0.4 is 10.1 Å². The van der Waals surface area contributed by atoms with Gasteiger partial charge in [-0.15, -0.1) is 0 Å².